The smallest absolute Gasteiger partial charge is 0.309 e. The van der Waals surface area contributed by atoms with Crippen LogP contribution in [-0.4, -0.2) is 62.3 Å². The van der Waals surface area contributed by atoms with Crippen LogP contribution in [0.1, 0.15) is 57.9 Å². The lowest BCUT2D eigenvalue weighted by molar-refractivity contribution is -0.157. The Balaban J connectivity index is 1.49. The molecule has 0 saturated carbocycles. The first-order chi connectivity index (χ1) is 14.7. The van der Waals surface area contributed by atoms with Gasteiger partial charge in [0.15, 0.2) is 6.61 Å². The molecule has 0 aromatic heterocycles. The number of benzene rings is 1. The molecule has 8 heteroatoms. The van der Waals surface area contributed by atoms with Gasteiger partial charge in [0.25, 0.3) is 5.91 Å². The lowest BCUT2D eigenvalue weighted by Crippen LogP contribution is -2.43. The average Bonchev–Trinajstić information content (AvgIpc) is 2.77. The Kier molecular flexibility index (Phi) is 7.75. The highest BCUT2D eigenvalue weighted by atomic mass is 32.2. The van der Waals surface area contributed by atoms with Crippen molar-refractivity contribution in [2.45, 2.75) is 57.3 Å². The van der Waals surface area contributed by atoms with Gasteiger partial charge in [-0.05, 0) is 55.2 Å². The monoisotopic (exact) mass is 450 g/mol. The molecule has 0 aliphatic carbocycles. The summed E-state index contributed by atoms with van der Waals surface area (Å²) in [5.74, 6) is -0.116. The molecule has 1 unspecified atom stereocenters. The molecule has 1 amide bonds. The van der Waals surface area contributed by atoms with Gasteiger partial charge in [0.05, 0.1) is 10.8 Å². The number of hydrogen-bond donors (Lipinski definition) is 0. The van der Waals surface area contributed by atoms with E-state index in [1.165, 1.54) is 4.31 Å². The van der Waals surface area contributed by atoms with E-state index < -0.39 is 16.0 Å². The van der Waals surface area contributed by atoms with Crippen LogP contribution < -0.4 is 0 Å². The van der Waals surface area contributed by atoms with Crippen LogP contribution in [0.15, 0.2) is 29.2 Å². The van der Waals surface area contributed by atoms with Crippen molar-refractivity contribution in [3.63, 3.8) is 0 Å². The molecule has 2 heterocycles. The van der Waals surface area contributed by atoms with Crippen molar-refractivity contribution in [1.29, 1.82) is 0 Å². The first-order valence-corrected chi connectivity index (χ1v) is 12.7. The number of amides is 1. The zero-order chi connectivity index (χ0) is 22.6. The summed E-state index contributed by atoms with van der Waals surface area (Å²) in [6, 6.07) is 7.00. The molecule has 0 N–H and O–H groups in total. The summed E-state index contributed by atoms with van der Waals surface area (Å²) in [5, 5.41) is 0. The predicted octanol–water partition coefficient (Wildman–Crippen LogP) is 3.01. The highest BCUT2D eigenvalue weighted by molar-refractivity contribution is 7.89. The van der Waals surface area contributed by atoms with Gasteiger partial charge in [0, 0.05) is 26.2 Å². The highest BCUT2D eigenvalue weighted by Crippen LogP contribution is 2.26. The molecule has 0 bridgehead atoms. The van der Waals surface area contributed by atoms with Gasteiger partial charge in [-0.3, -0.25) is 9.59 Å². The SMILES string of the molecule is CC1CCCN(C(=O)COC(=O)C2CCN(S(=O)(=O)c3ccc(C(C)C)cc3)CC2)C1. The predicted molar refractivity (Wildman–Crippen MR) is 118 cm³/mol. The summed E-state index contributed by atoms with van der Waals surface area (Å²) in [6.07, 6.45) is 2.90. The minimum atomic E-state index is -3.58. The minimum absolute atomic E-state index is 0.148. The molecule has 1 aromatic carbocycles. The Morgan fingerprint density at radius 2 is 1.71 bits per heavy atom. The second-order valence-electron chi connectivity index (χ2n) is 9.10. The molecule has 1 aromatic rings. The van der Waals surface area contributed by atoms with Gasteiger partial charge in [-0.15, -0.1) is 0 Å². The second kappa shape index (κ2) is 10.1. The van der Waals surface area contributed by atoms with Gasteiger partial charge in [0.1, 0.15) is 0 Å². The summed E-state index contributed by atoms with van der Waals surface area (Å²) in [7, 11) is -3.58. The summed E-state index contributed by atoms with van der Waals surface area (Å²) in [5.41, 5.74) is 1.09. The Morgan fingerprint density at radius 1 is 1.06 bits per heavy atom. The summed E-state index contributed by atoms with van der Waals surface area (Å²) in [6.45, 7) is 7.98. The molecular weight excluding hydrogens is 416 g/mol. The third-order valence-electron chi connectivity index (χ3n) is 6.32. The number of carbonyl (C=O) groups is 2. The van der Waals surface area contributed by atoms with E-state index in [2.05, 4.69) is 20.8 Å². The standard InChI is InChI=1S/C23H34N2O5S/c1-17(2)19-6-8-21(9-7-19)31(28,29)25-13-10-20(11-14-25)23(27)30-16-22(26)24-12-4-5-18(3)15-24/h6-9,17-18,20H,4-5,10-16H2,1-3H3. The van der Waals surface area contributed by atoms with Gasteiger partial charge in [0.2, 0.25) is 10.0 Å². The number of ether oxygens (including phenoxy) is 1. The number of piperidine rings is 2. The van der Waals surface area contributed by atoms with E-state index in [0.29, 0.717) is 31.2 Å². The first kappa shape index (κ1) is 23.7. The Bertz CT molecular complexity index is 874. The number of sulfonamides is 1. The van der Waals surface area contributed by atoms with E-state index in [1.54, 1.807) is 17.0 Å². The molecule has 7 nitrogen and oxygen atoms in total. The third-order valence-corrected chi connectivity index (χ3v) is 8.23. The van der Waals surface area contributed by atoms with Crippen LogP contribution in [0.4, 0.5) is 0 Å². The number of rotatable bonds is 6. The van der Waals surface area contributed by atoms with Crippen LogP contribution >= 0.6 is 0 Å². The Hall–Kier alpha value is -1.93. The maximum Gasteiger partial charge on any atom is 0.309 e. The number of nitrogens with zero attached hydrogens (tertiary/aromatic N) is 2. The van der Waals surface area contributed by atoms with Crippen LogP contribution in [0.3, 0.4) is 0 Å². The molecule has 2 aliphatic rings. The lowest BCUT2D eigenvalue weighted by Gasteiger charge is -2.32. The van der Waals surface area contributed by atoms with Crippen LogP contribution in [0.2, 0.25) is 0 Å². The molecule has 2 aliphatic heterocycles. The van der Waals surface area contributed by atoms with Crippen molar-refractivity contribution in [3.8, 4) is 0 Å². The maximum atomic E-state index is 12.9. The zero-order valence-corrected chi connectivity index (χ0v) is 19.6. The lowest BCUT2D eigenvalue weighted by atomic mass is 9.98. The van der Waals surface area contributed by atoms with Gasteiger partial charge in [-0.25, -0.2) is 8.42 Å². The third kappa shape index (κ3) is 5.86. The van der Waals surface area contributed by atoms with Crippen LogP contribution in [0.25, 0.3) is 0 Å². The highest BCUT2D eigenvalue weighted by Gasteiger charge is 2.33. The molecule has 0 spiro atoms. The van der Waals surface area contributed by atoms with Crippen molar-refractivity contribution in [2.24, 2.45) is 11.8 Å². The maximum absolute atomic E-state index is 12.9. The van der Waals surface area contributed by atoms with Crippen molar-refractivity contribution >= 4 is 21.9 Å². The molecule has 1 atom stereocenters. The topological polar surface area (TPSA) is 84.0 Å². The summed E-state index contributed by atoms with van der Waals surface area (Å²) >= 11 is 0. The molecule has 3 rings (SSSR count). The van der Waals surface area contributed by atoms with E-state index in [-0.39, 0.29) is 36.4 Å². The van der Waals surface area contributed by atoms with E-state index in [4.69, 9.17) is 4.74 Å². The average molecular weight is 451 g/mol. The number of hydrogen-bond acceptors (Lipinski definition) is 5. The van der Waals surface area contributed by atoms with Crippen molar-refractivity contribution < 1.29 is 22.7 Å². The number of carbonyl (C=O) groups excluding carboxylic acids is 2. The second-order valence-corrected chi connectivity index (χ2v) is 11.0. The van der Waals surface area contributed by atoms with Gasteiger partial charge >= 0.3 is 5.97 Å². The largest absolute Gasteiger partial charge is 0.455 e. The molecule has 172 valence electrons. The number of esters is 1. The molecule has 31 heavy (non-hydrogen) atoms. The Morgan fingerprint density at radius 3 is 2.29 bits per heavy atom. The zero-order valence-electron chi connectivity index (χ0n) is 18.7. The molecule has 0 radical (unpaired) electrons. The molecule has 2 saturated heterocycles. The van der Waals surface area contributed by atoms with E-state index in [9.17, 15) is 18.0 Å². The van der Waals surface area contributed by atoms with Gasteiger partial charge < -0.3 is 9.64 Å². The van der Waals surface area contributed by atoms with E-state index in [1.807, 2.05) is 12.1 Å². The first-order valence-electron chi connectivity index (χ1n) is 11.2. The van der Waals surface area contributed by atoms with Crippen LogP contribution in [0.5, 0.6) is 0 Å². The molecule has 2 fully saturated rings. The minimum Gasteiger partial charge on any atom is -0.455 e. The van der Waals surface area contributed by atoms with Gasteiger partial charge in [-0.1, -0.05) is 32.9 Å². The fourth-order valence-electron chi connectivity index (χ4n) is 4.26. The van der Waals surface area contributed by atoms with E-state index in [0.717, 1.165) is 24.9 Å². The fraction of sp³-hybridized carbons (Fsp3) is 0.652. The fourth-order valence-corrected chi connectivity index (χ4v) is 5.73. The quantitative estimate of drug-likeness (QED) is 0.622. The van der Waals surface area contributed by atoms with Crippen molar-refractivity contribution in [1.82, 2.24) is 9.21 Å². The normalized spacial score (nSPS) is 21.3. The van der Waals surface area contributed by atoms with E-state index >= 15 is 0 Å². The van der Waals surface area contributed by atoms with Crippen molar-refractivity contribution in [3.05, 3.63) is 29.8 Å². The summed E-state index contributed by atoms with van der Waals surface area (Å²) < 4.78 is 32.5. The van der Waals surface area contributed by atoms with Crippen LogP contribution in [0, 0.1) is 11.8 Å². The number of likely N-dealkylation sites (tertiary alicyclic amines) is 1. The summed E-state index contributed by atoms with van der Waals surface area (Å²) in [4.78, 5) is 26.8. The molecular formula is C23H34N2O5S. The van der Waals surface area contributed by atoms with Crippen LogP contribution in [-0.2, 0) is 24.3 Å². The van der Waals surface area contributed by atoms with Gasteiger partial charge in [-0.2, -0.15) is 4.31 Å². The Labute approximate surface area is 185 Å². The van der Waals surface area contributed by atoms with Crippen molar-refractivity contribution in [2.75, 3.05) is 32.8 Å².